The topological polar surface area (TPSA) is 68.2 Å². The van der Waals surface area contributed by atoms with Gasteiger partial charge in [0.1, 0.15) is 0 Å². The van der Waals surface area contributed by atoms with Crippen molar-refractivity contribution in [1.29, 1.82) is 0 Å². The van der Waals surface area contributed by atoms with E-state index < -0.39 is 0 Å². The van der Waals surface area contributed by atoms with E-state index in [0.717, 1.165) is 24.5 Å². The van der Waals surface area contributed by atoms with Crippen LogP contribution < -0.4 is 5.73 Å². The first-order valence-electron chi connectivity index (χ1n) is 6.79. The monoisotopic (exact) mass is 312 g/mol. The van der Waals surface area contributed by atoms with Crippen LogP contribution in [0.15, 0.2) is 16.7 Å². The van der Waals surface area contributed by atoms with E-state index in [-0.39, 0.29) is 6.04 Å². The van der Waals surface area contributed by atoms with Gasteiger partial charge in [0.25, 0.3) is 5.89 Å². The quantitative estimate of drug-likeness (QED) is 0.940. The second-order valence-electron chi connectivity index (χ2n) is 5.03. The van der Waals surface area contributed by atoms with Gasteiger partial charge in [-0.25, -0.2) is 0 Å². The molecule has 1 aliphatic rings. The van der Waals surface area contributed by atoms with Gasteiger partial charge in [0.15, 0.2) is 5.82 Å². The Labute approximate surface area is 126 Å². The van der Waals surface area contributed by atoms with E-state index in [9.17, 15) is 0 Å². The summed E-state index contributed by atoms with van der Waals surface area (Å²) in [6.45, 7) is 3.00. The summed E-state index contributed by atoms with van der Waals surface area (Å²) < 4.78 is 5.97. The number of rotatable bonds is 4. The Hall–Kier alpha value is -0.950. The van der Waals surface area contributed by atoms with Crippen LogP contribution >= 0.6 is 22.9 Å². The fraction of sp³-hybridized carbons (Fsp3) is 0.538. The Bertz CT molecular complexity index is 564. The van der Waals surface area contributed by atoms with Crippen LogP contribution in [0.4, 0.5) is 0 Å². The molecule has 20 heavy (non-hydrogen) atoms. The number of halogens is 1. The molecule has 1 aliphatic heterocycles. The van der Waals surface area contributed by atoms with Crippen molar-refractivity contribution in [3.63, 3.8) is 0 Å². The molecular formula is C13H17ClN4OS. The molecule has 1 saturated heterocycles. The summed E-state index contributed by atoms with van der Waals surface area (Å²) >= 11 is 7.33. The van der Waals surface area contributed by atoms with Gasteiger partial charge in [-0.05, 0) is 38.1 Å². The SMILES string of the molecule is NC(CN1CCCCC1)c1noc(-c2ccc(Cl)s2)n1. The van der Waals surface area contributed by atoms with Crippen LogP contribution in [0, 0.1) is 0 Å². The van der Waals surface area contributed by atoms with Gasteiger partial charge in [0.05, 0.1) is 15.3 Å². The second-order valence-corrected chi connectivity index (χ2v) is 6.74. The van der Waals surface area contributed by atoms with Crippen LogP contribution in [-0.4, -0.2) is 34.7 Å². The third-order valence-corrected chi connectivity index (χ3v) is 4.68. The maximum absolute atomic E-state index is 6.17. The van der Waals surface area contributed by atoms with E-state index in [1.54, 1.807) is 0 Å². The molecular weight excluding hydrogens is 296 g/mol. The van der Waals surface area contributed by atoms with Gasteiger partial charge in [-0.3, -0.25) is 0 Å². The van der Waals surface area contributed by atoms with Gasteiger partial charge in [-0.15, -0.1) is 11.3 Å². The lowest BCUT2D eigenvalue weighted by molar-refractivity contribution is 0.213. The highest BCUT2D eigenvalue weighted by Gasteiger charge is 2.20. The zero-order chi connectivity index (χ0) is 13.9. The van der Waals surface area contributed by atoms with Crippen molar-refractivity contribution in [2.75, 3.05) is 19.6 Å². The maximum Gasteiger partial charge on any atom is 0.268 e. The number of hydrogen-bond donors (Lipinski definition) is 1. The minimum atomic E-state index is -0.207. The van der Waals surface area contributed by atoms with Crippen LogP contribution in [0.3, 0.4) is 0 Å². The molecule has 5 nitrogen and oxygen atoms in total. The summed E-state index contributed by atoms with van der Waals surface area (Å²) in [5, 5.41) is 3.99. The van der Waals surface area contributed by atoms with E-state index >= 15 is 0 Å². The van der Waals surface area contributed by atoms with Crippen LogP contribution in [0.5, 0.6) is 0 Å². The third kappa shape index (κ3) is 3.20. The molecule has 108 valence electrons. The molecule has 2 aromatic heterocycles. The van der Waals surface area contributed by atoms with Crippen LogP contribution in [0.2, 0.25) is 4.34 Å². The molecule has 0 aromatic carbocycles. The highest BCUT2D eigenvalue weighted by atomic mass is 35.5. The smallest absolute Gasteiger partial charge is 0.268 e. The number of piperidine rings is 1. The number of nitrogens with two attached hydrogens (primary N) is 1. The molecule has 2 aromatic rings. The molecule has 3 heterocycles. The minimum absolute atomic E-state index is 0.207. The molecule has 3 rings (SSSR count). The largest absolute Gasteiger partial charge is 0.333 e. The van der Waals surface area contributed by atoms with Crippen molar-refractivity contribution >= 4 is 22.9 Å². The van der Waals surface area contributed by atoms with Gasteiger partial charge in [0, 0.05) is 6.54 Å². The normalized spacial score (nSPS) is 18.3. The standard InChI is InChI=1S/C13H17ClN4OS/c14-11-5-4-10(20-11)13-16-12(17-19-13)9(15)8-18-6-2-1-3-7-18/h4-5,9H,1-3,6-8,15H2. The fourth-order valence-electron chi connectivity index (χ4n) is 2.42. The van der Waals surface area contributed by atoms with Gasteiger partial charge in [-0.1, -0.05) is 23.2 Å². The van der Waals surface area contributed by atoms with E-state index in [1.807, 2.05) is 12.1 Å². The van der Waals surface area contributed by atoms with E-state index in [0.29, 0.717) is 16.1 Å². The highest BCUT2D eigenvalue weighted by Crippen LogP contribution is 2.30. The summed E-state index contributed by atoms with van der Waals surface area (Å²) in [6, 6.07) is 3.49. The van der Waals surface area contributed by atoms with Crippen molar-refractivity contribution in [3.8, 4) is 10.8 Å². The molecule has 0 spiro atoms. The molecule has 0 saturated carbocycles. The summed E-state index contributed by atoms with van der Waals surface area (Å²) in [4.78, 5) is 7.62. The number of hydrogen-bond acceptors (Lipinski definition) is 6. The van der Waals surface area contributed by atoms with Crippen molar-refractivity contribution in [3.05, 3.63) is 22.3 Å². The maximum atomic E-state index is 6.17. The lowest BCUT2D eigenvalue weighted by Gasteiger charge is -2.27. The average Bonchev–Trinajstić information content (AvgIpc) is 3.08. The lowest BCUT2D eigenvalue weighted by atomic mass is 10.1. The fourth-order valence-corrected chi connectivity index (χ4v) is 3.38. The molecule has 1 fully saturated rings. The van der Waals surface area contributed by atoms with E-state index in [1.165, 1.54) is 30.6 Å². The predicted molar refractivity (Wildman–Crippen MR) is 79.8 cm³/mol. The van der Waals surface area contributed by atoms with Crippen LogP contribution in [-0.2, 0) is 0 Å². The van der Waals surface area contributed by atoms with E-state index in [2.05, 4.69) is 15.0 Å². The van der Waals surface area contributed by atoms with Crippen molar-refractivity contribution in [2.45, 2.75) is 25.3 Å². The second kappa shape index (κ2) is 6.22. The number of thiophene rings is 1. The van der Waals surface area contributed by atoms with Gasteiger partial charge in [0.2, 0.25) is 0 Å². The predicted octanol–water partition coefficient (Wildman–Crippen LogP) is 2.94. The summed E-state index contributed by atoms with van der Waals surface area (Å²) in [5.74, 6) is 1.06. The molecule has 7 heteroatoms. The summed E-state index contributed by atoms with van der Waals surface area (Å²) in [7, 11) is 0. The Balaban J connectivity index is 1.66. The Morgan fingerprint density at radius 1 is 1.35 bits per heavy atom. The zero-order valence-corrected chi connectivity index (χ0v) is 12.7. The zero-order valence-electron chi connectivity index (χ0n) is 11.1. The van der Waals surface area contributed by atoms with Crippen LogP contribution in [0.25, 0.3) is 10.8 Å². The molecule has 2 N–H and O–H groups in total. The first-order valence-corrected chi connectivity index (χ1v) is 7.99. The van der Waals surface area contributed by atoms with Crippen molar-refractivity contribution in [1.82, 2.24) is 15.0 Å². The van der Waals surface area contributed by atoms with Gasteiger partial charge >= 0.3 is 0 Å². The van der Waals surface area contributed by atoms with Crippen molar-refractivity contribution < 1.29 is 4.52 Å². The summed E-state index contributed by atoms with van der Waals surface area (Å²) in [5.41, 5.74) is 6.17. The van der Waals surface area contributed by atoms with Gasteiger partial charge < -0.3 is 15.2 Å². The Morgan fingerprint density at radius 2 is 2.15 bits per heavy atom. The number of nitrogens with zero attached hydrogens (tertiary/aromatic N) is 3. The highest BCUT2D eigenvalue weighted by molar-refractivity contribution is 7.19. The molecule has 0 bridgehead atoms. The Kier molecular flexibility index (Phi) is 4.35. The summed E-state index contributed by atoms with van der Waals surface area (Å²) in [6.07, 6.45) is 3.81. The number of likely N-dealkylation sites (tertiary alicyclic amines) is 1. The minimum Gasteiger partial charge on any atom is -0.333 e. The van der Waals surface area contributed by atoms with E-state index in [4.69, 9.17) is 21.9 Å². The molecule has 0 radical (unpaired) electrons. The Morgan fingerprint density at radius 3 is 2.85 bits per heavy atom. The van der Waals surface area contributed by atoms with Crippen molar-refractivity contribution in [2.24, 2.45) is 5.73 Å². The van der Waals surface area contributed by atoms with Crippen LogP contribution in [0.1, 0.15) is 31.1 Å². The lowest BCUT2D eigenvalue weighted by Crippen LogP contribution is -2.36. The molecule has 1 atom stereocenters. The number of aromatic nitrogens is 2. The average molecular weight is 313 g/mol. The van der Waals surface area contributed by atoms with Gasteiger partial charge in [-0.2, -0.15) is 4.98 Å². The third-order valence-electron chi connectivity index (χ3n) is 3.46. The first-order chi connectivity index (χ1) is 9.72. The molecule has 0 aliphatic carbocycles. The molecule has 1 unspecified atom stereocenters. The molecule has 0 amide bonds. The first kappa shape index (κ1) is 14.0.